The summed E-state index contributed by atoms with van der Waals surface area (Å²) in [5.41, 5.74) is 2.81. The molecule has 0 fully saturated rings. The summed E-state index contributed by atoms with van der Waals surface area (Å²) < 4.78 is 4.97. The Morgan fingerprint density at radius 2 is 2.17 bits per heavy atom. The number of hydrogen-bond acceptors (Lipinski definition) is 3. The summed E-state index contributed by atoms with van der Waals surface area (Å²) in [4.78, 5) is 15.5. The third kappa shape index (κ3) is 2.76. The SMILES string of the molecule is COCCSCC(=O)c1c(C)[nH]c2ccccc12. The van der Waals surface area contributed by atoms with Crippen LogP contribution in [-0.2, 0) is 4.74 Å². The van der Waals surface area contributed by atoms with Gasteiger partial charge in [-0.3, -0.25) is 4.79 Å². The number of thioether (sulfide) groups is 1. The van der Waals surface area contributed by atoms with Gasteiger partial charge in [-0.25, -0.2) is 0 Å². The van der Waals surface area contributed by atoms with Crippen molar-refractivity contribution in [3.63, 3.8) is 0 Å². The molecule has 2 rings (SSSR count). The van der Waals surface area contributed by atoms with Crippen LogP contribution >= 0.6 is 11.8 Å². The molecule has 0 radical (unpaired) electrons. The Labute approximate surface area is 111 Å². The van der Waals surface area contributed by atoms with Crippen molar-refractivity contribution < 1.29 is 9.53 Å². The van der Waals surface area contributed by atoms with Crippen molar-refractivity contribution in [3.05, 3.63) is 35.5 Å². The number of para-hydroxylation sites is 1. The number of carbonyl (C=O) groups excluding carboxylic acids is 1. The predicted octanol–water partition coefficient (Wildman–Crippen LogP) is 3.04. The van der Waals surface area contributed by atoms with Crippen LogP contribution in [-0.4, -0.2) is 36.0 Å². The largest absolute Gasteiger partial charge is 0.384 e. The summed E-state index contributed by atoms with van der Waals surface area (Å²) in [7, 11) is 1.67. The summed E-state index contributed by atoms with van der Waals surface area (Å²) in [5, 5.41) is 1.02. The average molecular weight is 263 g/mol. The van der Waals surface area contributed by atoms with Gasteiger partial charge in [0.2, 0.25) is 0 Å². The molecule has 0 atom stereocenters. The molecule has 0 saturated carbocycles. The number of ether oxygens (including phenoxy) is 1. The minimum Gasteiger partial charge on any atom is -0.384 e. The second-order valence-electron chi connectivity index (χ2n) is 4.14. The van der Waals surface area contributed by atoms with E-state index >= 15 is 0 Å². The smallest absolute Gasteiger partial charge is 0.175 e. The molecule has 1 N–H and O–H groups in total. The molecule has 18 heavy (non-hydrogen) atoms. The number of ketones is 1. The van der Waals surface area contributed by atoms with Gasteiger partial charge in [0.1, 0.15) is 0 Å². The van der Waals surface area contributed by atoms with E-state index in [2.05, 4.69) is 4.98 Å². The quantitative estimate of drug-likeness (QED) is 0.643. The van der Waals surface area contributed by atoms with Crippen molar-refractivity contribution in [2.45, 2.75) is 6.92 Å². The predicted molar refractivity (Wildman–Crippen MR) is 76.6 cm³/mol. The highest BCUT2D eigenvalue weighted by Crippen LogP contribution is 2.23. The molecule has 0 aliphatic carbocycles. The molecule has 0 spiro atoms. The Balaban J connectivity index is 2.14. The maximum absolute atomic E-state index is 12.2. The van der Waals surface area contributed by atoms with E-state index in [1.807, 2.05) is 31.2 Å². The Kier molecular flexibility index (Phi) is 4.44. The number of hydrogen-bond donors (Lipinski definition) is 1. The van der Waals surface area contributed by atoms with Crippen LogP contribution in [0.1, 0.15) is 16.1 Å². The monoisotopic (exact) mass is 263 g/mol. The normalized spacial score (nSPS) is 11.0. The fourth-order valence-electron chi connectivity index (χ4n) is 2.02. The van der Waals surface area contributed by atoms with Crippen LogP contribution in [0.15, 0.2) is 24.3 Å². The van der Waals surface area contributed by atoms with Crippen LogP contribution in [0.5, 0.6) is 0 Å². The number of benzene rings is 1. The zero-order valence-corrected chi connectivity index (χ0v) is 11.5. The molecular formula is C14H17NO2S. The lowest BCUT2D eigenvalue weighted by atomic mass is 10.1. The number of nitrogens with one attached hydrogen (secondary N) is 1. The van der Waals surface area contributed by atoms with E-state index in [9.17, 15) is 4.79 Å². The summed E-state index contributed by atoms with van der Waals surface area (Å²) >= 11 is 1.61. The molecule has 96 valence electrons. The third-order valence-electron chi connectivity index (χ3n) is 2.84. The lowest BCUT2D eigenvalue weighted by molar-refractivity contribution is 0.102. The Bertz CT molecular complexity index is 548. The van der Waals surface area contributed by atoms with Crippen LogP contribution in [0.3, 0.4) is 0 Å². The highest BCUT2D eigenvalue weighted by Gasteiger charge is 2.15. The van der Waals surface area contributed by atoms with Crippen molar-refractivity contribution in [2.75, 3.05) is 25.2 Å². The summed E-state index contributed by atoms with van der Waals surface area (Å²) in [6.07, 6.45) is 0. The maximum atomic E-state index is 12.2. The fraction of sp³-hybridized carbons (Fsp3) is 0.357. The van der Waals surface area contributed by atoms with Gasteiger partial charge in [-0.15, -0.1) is 0 Å². The molecule has 0 unspecified atom stereocenters. The van der Waals surface area contributed by atoms with E-state index in [0.29, 0.717) is 12.4 Å². The van der Waals surface area contributed by atoms with Gasteiger partial charge in [-0.2, -0.15) is 11.8 Å². The number of H-pyrrole nitrogens is 1. The molecule has 0 saturated heterocycles. The van der Waals surface area contributed by atoms with Crippen LogP contribution in [0.2, 0.25) is 0 Å². The molecular weight excluding hydrogens is 246 g/mol. The molecule has 0 amide bonds. The zero-order valence-electron chi connectivity index (χ0n) is 10.7. The molecule has 3 nitrogen and oxygen atoms in total. The van der Waals surface area contributed by atoms with Crippen molar-refractivity contribution in [2.24, 2.45) is 0 Å². The zero-order chi connectivity index (χ0) is 13.0. The molecule has 1 aromatic heterocycles. The van der Waals surface area contributed by atoms with Crippen molar-refractivity contribution in [1.29, 1.82) is 0 Å². The standard InChI is InChI=1S/C14H17NO2S/c1-10-14(13(16)9-18-8-7-17-2)11-5-3-4-6-12(11)15-10/h3-6,15H,7-9H2,1-2H3. The number of rotatable bonds is 6. The molecule has 0 bridgehead atoms. The van der Waals surface area contributed by atoms with Gasteiger partial charge in [0, 0.05) is 35.0 Å². The van der Waals surface area contributed by atoms with Crippen LogP contribution < -0.4 is 0 Å². The number of aromatic amines is 1. The number of fused-ring (bicyclic) bond motifs is 1. The Hall–Kier alpha value is -1.26. The topological polar surface area (TPSA) is 42.1 Å². The van der Waals surface area contributed by atoms with Crippen LogP contribution in [0.25, 0.3) is 10.9 Å². The van der Waals surface area contributed by atoms with Gasteiger partial charge >= 0.3 is 0 Å². The number of Topliss-reactive ketones (excluding diaryl/α,β-unsaturated/α-hetero) is 1. The van der Waals surface area contributed by atoms with Crippen molar-refractivity contribution in [1.82, 2.24) is 4.98 Å². The van der Waals surface area contributed by atoms with E-state index < -0.39 is 0 Å². The number of aryl methyl sites for hydroxylation is 1. The summed E-state index contributed by atoms with van der Waals surface area (Å²) in [5.74, 6) is 1.54. The summed E-state index contributed by atoms with van der Waals surface area (Å²) in [6.45, 7) is 2.64. The van der Waals surface area contributed by atoms with Gasteiger partial charge in [-0.05, 0) is 13.0 Å². The molecule has 4 heteroatoms. The first-order valence-electron chi connectivity index (χ1n) is 5.91. The third-order valence-corrected chi connectivity index (χ3v) is 3.76. The molecule has 0 aliphatic rings. The highest BCUT2D eigenvalue weighted by molar-refractivity contribution is 8.00. The van der Waals surface area contributed by atoms with Gasteiger partial charge in [-0.1, -0.05) is 18.2 Å². The lowest BCUT2D eigenvalue weighted by Crippen LogP contribution is -2.05. The van der Waals surface area contributed by atoms with E-state index in [1.54, 1.807) is 18.9 Å². The maximum Gasteiger partial charge on any atom is 0.175 e. The number of carbonyl (C=O) groups is 1. The van der Waals surface area contributed by atoms with E-state index in [0.717, 1.165) is 27.9 Å². The van der Waals surface area contributed by atoms with Gasteiger partial charge < -0.3 is 9.72 Å². The van der Waals surface area contributed by atoms with E-state index in [1.165, 1.54) is 0 Å². The van der Waals surface area contributed by atoms with Gasteiger partial charge in [0.15, 0.2) is 5.78 Å². The molecule has 0 aliphatic heterocycles. The molecule has 1 heterocycles. The van der Waals surface area contributed by atoms with Gasteiger partial charge in [0.25, 0.3) is 0 Å². The Morgan fingerprint density at radius 3 is 2.94 bits per heavy atom. The van der Waals surface area contributed by atoms with Crippen molar-refractivity contribution in [3.8, 4) is 0 Å². The van der Waals surface area contributed by atoms with Crippen LogP contribution in [0, 0.1) is 6.92 Å². The van der Waals surface area contributed by atoms with E-state index in [-0.39, 0.29) is 5.78 Å². The average Bonchev–Trinajstić information content (AvgIpc) is 2.70. The minimum atomic E-state index is 0.186. The van der Waals surface area contributed by atoms with Crippen molar-refractivity contribution >= 4 is 28.4 Å². The lowest BCUT2D eigenvalue weighted by Gasteiger charge is -2.01. The van der Waals surface area contributed by atoms with Crippen LogP contribution in [0.4, 0.5) is 0 Å². The Morgan fingerprint density at radius 1 is 1.39 bits per heavy atom. The highest BCUT2D eigenvalue weighted by atomic mass is 32.2. The molecule has 1 aromatic carbocycles. The fourth-order valence-corrected chi connectivity index (χ4v) is 2.77. The molecule has 2 aromatic rings. The summed E-state index contributed by atoms with van der Waals surface area (Å²) in [6, 6.07) is 7.92. The first kappa shape index (κ1) is 13.2. The minimum absolute atomic E-state index is 0.186. The first-order chi connectivity index (χ1) is 8.74. The van der Waals surface area contributed by atoms with Gasteiger partial charge in [0.05, 0.1) is 12.4 Å². The second kappa shape index (κ2) is 6.07. The second-order valence-corrected chi connectivity index (χ2v) is 5.24. The first-order valence-corrected chi connectivity index (χ1v) is 7.06. The van der Waals surface area contributed by atoms with E-state index in [4.69, 9.17) is 4.74 Å². The number of aromatic nitrogens is 1. The number of methoxy groups -OCH3 is 1.